The predicted molar refractivity (Wildman–Crippen MR) is 67.5 cm³/mol. The van der Waals surface area contributed by atoms with Crippen LogP contribution in [0.5, 0.6) is 0 Å². The fraction of sp³-hybridized carbons (Fsp3) is 0.571. The average Bonchev–Trinajstić information content (AvgIpc) is 2.60. The van der Waals surface area contributed by atoms with Crippen molar-refractivity contribution in [1.82, 2.24) is 10.3 Å². The van der Waals surface area contributed by atoms with Gasteiger partial charge in [-0.05, 0) is 36.8 Å². The molecule has 92 valence electrons. The van der Waals surface area contributed by atoms with Crippen molar-refractivity contribution >= 4 is 5.91 Å². The monoisotopic (exact) mass is 232 g/mol. The quantitative estimate of drug-likeness (QED) is 0.865. The van der Waals surface area contributed by atoms with Crippen molar-refractivity contribution in [3.8, 4) is 0 Å². The summed E-state index contributed by atoms with van der Waals surface area (Å²) in [5.41, 5.74) is 1.16. The van der Waals surface area contributed by atoms with Crippen LogP contribution in [0.2, 0.25) is 0 Å². The van der Waals surface area contributed by atoms with E-state index in [1.807, 2.05) is 12.3 Å². The second-order valence-electron chi connectivity index (χ2n) is 5.46. The SMILES string of the molecule is CC(C)CC1(Cc2cccnc2)CCC(=O)N1. The van der Waals surface area contributed by atoms with Crippen molar-refractivity contribution in [3.63, 3.8) is 0 Å². The van der Waals surface area contributed by atoms with Crippen LogP contribution in [0.15, 0.2) is 24.5 Å². The maximum absolute atomic E-state index is 11.5. The fourth-order valence-electron chi connectivity index (χ4n) is 2.81. The lowest BCUT2D eigenvalue weighted by Crippen LogP contribution is -2.44. The molecule has 1 atom stereocenters. The van der Waals surface area contributed by atoms with Gasteiger partial charge in [-0.3, -0.25) is 9.78 Å². The molecular formula is C14H20N2O. The molecule has 0 spiro atoms. The fourth-order valence-corrected chi connectivity index (χ4v) is 2.81. The Kier molecular flexibility index (Phi) is 3.46. The summed E-state index contributed by atoms with van der Waals surface area (Å²) in [4.78, 5) is 15.6. The van der Waals surface area contributed by atoms with Gasteiger partial charge in [0.15, 0.2) is 0 Å². The molecule has 1 N–H and O–H groups in total. The van der Waals surface area contributed by atoms with Gasteiger partial charge in [0, 0.05) is 24.4 Å². The Balaban J connectivity index is 2.14. The third-order valence-electron chi connectivity index (χ3n) is 3.30. The first-order chi connectivity index (χ1) is 8.10. The number of pyridine rings is 1. The van der Waals surface area contributed by atoms with Gasteiger partial charge in [-0.2, -0.15) is 0 Å². The second kappa shape index (κ2) is 4.86. The normalized spacial score (nSPS) is 24.1. The molecule has 0 bridgehead atoms. The van der Waals surface area contributed by atoms with Crippen molar-refractivity contribution in [2.75, 3.05) is 0 Å². The van der Waals surface area contributed by atoms with Gasteiger partial charge in [-0.1, -0.05) is 19.9 Å². The molecule has 1 fully saturated rings. The summed E-state index contributed by atoms with van der Waals surface area (Å²) in [6, 6.07) is 4.04. The zero-order valence-corrected chi connectivity index (χ0v) is 10.6. The van der Waals surface area contributed by atoms with Gasteiger partial charge >= 0.3 is 0 Å². The number of carbonyl (C=O) groups excluding carboxylic acids is 1. The highest BCUT2D eigenvalue weighted by molar-refractivity contribution is 5.79. The predicted octanol–water partition coefficient (Wildman–Crippen LogP) is 2.32. The Hall–Kier alpha value is -1.38. The summed E-state index contributed by atoms with van der Waals surface area (Å²) in [5, 5.41) is 3.18. The molecule has 3 nitrogen and oxygen atoms in total. The lowest BCUT2D eigenvalue weighted by atomic mass is 9.82. The zero-order chi connectivity index (χ0) is 12.3. The molecular weight excluding hydrogens is 212 g/mol. The smallest absolute Gasteiger partial charge is 0.220 e. The average molecular weight is 232 g/mol. The molecule has 17 heavy (non-hydrogen) atoms. The maximum Gasteiger partial charge on any atom is 0.220 e. The van der Waals surface area contributed by atoms with Crippen molar-refractivity contribution in [2.45, 2.75) is 45.1 Å². The summed E-state index contributed by atoms with van der Waals surface area (Å²) in [5.74, 6) is 0.777. The number of hydrogen-bond donors (Lipinski definition) is 1. The summed E-state index contributed by atoms with van der Waals surface area (Å²) >= 11 is 0. The van der Waals surface area contributed by atoms with Gasteiger partial charge < -0.3 is 5.32 Å². The number of rotatable bonds is 4. The van der Waals surface area contributed by atoms with Crippen molar-refractivity contribution in [2.24, 2.45) is 5.92 Å². The van der Waals surface area contributed by atoms with Crippen LogP contribution in [0.3, 0.4) is 0 Å². The molecule has 1 aliphatic rings. The van der Waals surface area contributed by atoms with Crippen LogP contribution >= 0.6 is 0 Å². The first-order valence-corrected chi connectivity index (χ1v) is 6.30. The van der Waals surface area contributed by atoms with Crippen LogP contribution in [0.1, 0.15) is 38.7 Å². The van der Waals surface area contributed by atoms with Crippen LogP contribution in [0.4, 0.5) is 0 Å². The number of aromatic nitrogens is 1. The first kappa shape index (κ1) is 12.1. The largest absolute Gasteiger partial charge is 0.350 e. The third-order valence-corrected chi connectivity index (χ3v) is 3.30. The van der Waals surface area contributed by atoms with Crippen molar-refractivity contribution < 1.29 is 4.79 Å². The first-order valence-electron chi connectivity index (χ1n) is 6.30. The minimum Gasteiger partial charge on any atom is -0.350 e. The maximum atomic E-state index is 11.5. The number of hydrogen-bond acceptors (Lipinski definition) is 2. The minimum atomic E-state index is -0.0473. The van der Waals surface area contributed by atoms with E-state index in [1.165, 1.54) is 5.56 Å². The van der Waals surface area contributed by atoms with E-state index >= 15 is 0 Å². The highest BCUT2D eigenvalue weighted by Gasteiger charge is 2.37. The minimum absolute atomic E-state index is 0.0473. The van der Waals surface area contributed by atoms with E-state index < -0.39 is 0 Å². The van der Waals surface area contributed by atoms with Gasteiger partial charge in [-0.15, -0.1) is 0 Å². The summed E-state index contributed by atoms with van der Waals surface area (Å²) < 4.78 is 0. The molecule has 2 heterocycles. The van der Waals surface area contributed by atoms with Gasteiger partial charge in [0.1, 0.15) is 0 Å². The van der Waals surface area contributed by atoms with Crippen LogP contribution in [-0.4, -0.2) is 16.4 Å². The Labute approximate surface area is 103 Å². The molecule has 0 aromatic carbocycles. The molecule has 0 radical (unpaired) electrons. The Morgan fingerprint density at radius 2 is 2.35 bits per heavy atom. The molecule has 0 saturated carbocycles. The third kappa shape index (κ3) is 3.05. The van der Waals surface area contributed by atoms with Crippen LogP contribution < -0.4 is 5.32 Å². The molecule has 1 aromatic rings. The van der Waals surface area contributed by atoms with Crippen molar-refractivity contribution in [3.05, 3.63) is 30.1 Å². The van der Waals surface area contributed by atoms with E-state index in [2.05, 4.69) is 30.2 Å². The molecule has 2 rings (SSSR count). The molecule has 1 unspecified atom stereocenters. The van der Waals surface area contributed by atoms with Gasteiger partial charge in [0.25, 0.3) is 0 Å². The lowest BCUT2D eigenvalue weighted by Gasteiger charge is -2.31. The molecule has 1 aliphatic heterocycles. The van der Waals surface area contributed by atoms with E-state index in [4.69, 9.17) is 0 Å². The van der Waals surface area contributed by atoms with E-state index in [0.717, 1.165) is 19.3 Å². The van der Waals surface area contributed by atoms with Crippen LogP contribution in [0, 0.1) is 5.92 Å². The Morgan fingerprint density at radius 3 is 2.88 bits per heavy atom. The topological polar surface area (TPSA) is 42.0 Å². The van der Waals surface area contributed by atoms with Crippen molar-refractivity contribution in [1.29, 1.82) is 0 Å². The van der Waals surface area contributed by atoms with Crippen LogP contribution in [0.25, 0.3) is 0 Å². The van der Waals surface area contributed by atoms with E-state index in [-0.39, 0.29) is 11.4 Å². The highest BCUT2D eigenvalue weighted by atomic mass is 16.2. The van der Waals surface area contributed by atoms with Gasteiger partial charge in [0.05, 0.1) is 0 Å². The van der Waals surface area contributed by atoms with E-state index in [1.54, 1.807) is 6.20 Å². The standard InChI is InChI=1S/C14H20N2O/c1-11(2)8-14(6-5-13(17)16-14)9-12-4-3-7-15-10-12/h3-4,7,10-11H,5-6,8-9H2,1-2H3,(H,16,17). The van der Waals surface area contributed by atoms with Gasteiger partial charge in [-0.25, -0.2) is 0 Å². The number of carbonyl (C=O) groups is 1. The summed E-state index contributed by atoms with van der Waals surface area (Å²) in [6.07, 6.45) is 7.21. The van der Waals surface area contributed by atoms with Gasteiger partial charge in [0.2, 0.25) is 5.91 Å². The molecule has 3 heteroatoms. The number of nitrogens with one attached hydrogen (secondary N) is 1. The second-order valence-corrected chi connectivity index (χ2v) is 5.46. The highest BCUT2D eigenvalue weighted by Crippen LogP contribution is 2.30. The molecule has 1 saturated heterocycles. The van der Waals surface area contributed by atoms with E-state index in [9.17, 15) is 4.79 Å². The molecule has 0 aliphatic carbocycles. The molecule has 1 amide bonds. The number of nitrogens with zero attached hydrogens (tertiary/aromatic N) is 1. The zero-order valence-electron chi connectivity index (χ0n) is 10.6. The molecule has 1 aromatic heterocycles. The summed E-state index contributed by atoms with van der Waals surface area (Å²) in [7, 11) is 0. The van der Waals surface area contributed by atoms with Crippen LogP contribution in [-0.2, 0) is 11.2 Å². The summed E-state index contributed by atoms with van der Waals surface area (Å²) in [6.45, 7) is 4.41. The van der Waals surface area contributed by atoms with E-state index in [0.29, 0.717) is 12.3 Å². The lowest BCUT2D eigenvalue weighted by molar-refractivity contribution is -0.119. The Bertz CT molecular complexity index is 388. The number of amides is 1. The Morgan fingerprint density at radius 1 is 1.53 bits per heavy atom.